The molecular formula is C28H38N6O4. The van der Waals surface area contributed by atoms with Gasteiger partial charge in [-0.05, 0) is 76.1 Å². The number of ether oxygens (including phenoxy) is 2. The van der Waals surface area contributed by atoms with Crippen LogP contribution in [-0.2, 0) is 11.2 Å². The number of anilines is 1. The highest BCUT2D eigenvalue weighted by Gasteiger charge is 2.28. The fraction of sp³-hybridized carbons (Fsp3) is 0.464. The van der Waals surface area contributed by atoms with Crippen molar-refractivity contribution in [3.63, 3.8) is 0 Å². The number of nitrogens with zero attached hydrogens (tertiary/aromatic N) is 3. The second-order valence-corrected chi connectivity index (χ2v) is 10.2. The van der Waals surface area contributed by atoms with E-state index in [9.17, 15) is 9.59 Å². The molecule has 2 aliphatic heterocycles. The molecule has 3 N–H and O–H groups in total. The Morgan fingerprint density at radius 2 is 1.92 bits per heavy atom. The van der Waals surface area contributed by atoms with Gasteiger partial charge in [0.05, 0.1) is 11.6 Å². The summed E-state index contributed by atoms with van der Waals surface area (Å²) in [5, 5.41) is 10.1. The molecule has 2 aromatic carbocycles. The Bertz CT molecular complexity index is 1170. The minimum Gasteiger partial charge on any atom is -0.492 e. The first kappa shape index (κ1) is 27.4. The third-order valence-electron chi connectivity index (χ3n) is 6.59. The first-order valence-electron chi connectivity index (χ1n) is 13.0. The van der Waals surface area contributed by atoms with Crippen molar-refractivity contribution in [3.05, 3.63) is 53.1 Å². The maximum Gasteiger partial charge on any atom is 0.251 e. The number of fused-ring (bicyclic) bond motifs is 1. The Morgan fingerprint density at radius 1 is 1.11 bits per heavy atom. The molecule has 0 aromatic heterocycles. The largest absolute Gasteiger partial charge is 0.492 e. The van der Waals surface area contributed by atoms with Crippen molar-refractivity contribution in [1.82, 2.24) is 20.5 Å². The van der Waals surface area contributed by atoms with Crippen molar-refractivity contribution >= 4 is 23.7 Å². The number of hydrogen-bond donors (Lipinski definition) is 3. The number of carbonyl (C=O) groups is 2. The molecule has 0 saturated heterocycles. The van der Waals surface area contributed by atoms with Gasteiger partial charge in [0, 0.05) is 43.9 Å². The fourth-order valence-corrected chi connectivity index (χ4v) is 4.31. The number of carbonyl (C=O) groups excluding carboxylic acids is 2. The smallest absolute Gasteiger partial charge is 0.251 e. The summed E-state index contributed by atoms with van der Waals surface area (Å²) in [6.07, 6.45) is 2.36. The SMILES string of the molecule is CN(C)CCNC(=O)c1ccc2c(c1)CC(C(=O)Nc1ccc(C3C=NNC3)cc1OCCN(C)C)CO2. The van der Waals surface area contributed by atoms with Crippen LogP contribution in [0.5, 0.6) is 11.5 Å². The van der Waals surface area contributed by atoms with Gasteiger partial charge in [-0.2, -0.15) is 5.10 Å². The number of hydrazone groups is 1. The molecule has 204 valence electrons. The average Bonchev–Trinajstić information content (AvgIpc) is 3.43. The number of rotatable bonds is 11. The van der Waals surface area contributed by atoms with Crippen LogP contribution in [-0.4, -0.2) is 95.4 Å². The van der Waals surface area contributed by atoms with Crippen molar-refractivity contribution in [1.29, 1.82) is 0 Å². The van der Waals surface area contributed by atoms with E-state index in [0.717, 1.165) is 30.8 Å². The lowest BCUT2D eigenvalue weighted by molar-refractivity contribution is -0.121. The van der Waals surface area contributed by atoms with Crippen LogP contribution in [0.1, 0.15) is 27.4 Å². The van der Waals surface area contributed by atoms with Crippen molar-refractivity contribution in [3.8, 4) is 11.5 Å². The van der Waals surface area contributed by atoms with Gasteiger partial charge >= 0.3 is 0 Å². The normalized spacial score (nSPS) is 18.1. The van der Waals surface area contributed by atoms with E-state index >= 15 is 0 Å². The summed E-state index contributed by atoms with van der Waals surface area (Å²) >= 11 is 0. The highest BCUT2D eigenvalue weighted by molar-refractivity contribution is 5.96. The molecule has 0 aliphatic carbocycles. The molecule has 2 amide bonds. The van der Waals surface area contributed by atoms with Crippen molar-refractivity contribution in [2.75, 3.05) is 72.9 Å². The molecule has 2 heterocycles. The molecule has 38 heavy (non-hydrogen) atoms. The Morgan fingerprint density at radius 3 is 2.66 bits per heavy atom. The van der Waals surface area contributed by atoms with Crippen molar-refractivity contribution in [2.45, 2.75) is 12.3 Å². The van der Waals surface area contributed by atoms with Gasteiger partial charge in [0.2, 0.25) is 5.91 Å². The minimum atomic E-state index is -0.394. The second-order valence-electron chi connectivity index (χ2n) is 10.2. The highest BCUT2D eigenvalue weighted by atomic mass is 16.5. The maximum absolute atomic E-state index is 13.3. The van der Waals surface area contributed by atoms with Crippen LogP contribution in [0.15, 0.2) is 41.5 Å². The molecule has 2 aliphatic rings. The van der Waals surface area contributed by atoms with Gasteiger partial charge in [-0.3, -0.25) is 9.59 Å². The molecule has 10 nitrogen and oxygen atoms in total. The van der Waals surface area contributed by atoms with Gasteiger partial charge < -0.3 is 35.3 Å². The topological polar surface area (TPSA) is 108 Å². The molecule has 0 spiro atoms. The molecular weight excluding hydrogens is 484 g/mol. The lowest BCUT2D eigenvalue weighted by Crippen LogP contribution is -2.33. The molecule has 0 fully saturated rings. The molecule has 10 heteroatoms. The van der Waals surface area contributed by atoms with E-state index in [0.29, 0.717) is 42.3 Å². The Hall–Kier alpha value is -3.63. The lowest BCUT2D eigenvalue weighted by atomic mass is 9.94. The number of amides is 2. The quantitative estimate of drug-likeness (QED) is 0.413. The van der Waals surface area contributed by atoms with Crippen LogP contribution in [0.2, 0.25) is 0 Å². The summed E-state index contributed by atoms with van der Waals surface area (Å²) in [5.41, 5.74) is 6.09. The summed E-state index contributed by atoms with van der Waals surface area (Å²) in [6, 6.07) is 11.2. The van der Waals surface area contributed by atoms with E-state index in [1.807, 2.05) is 68.5 Å². The first-order valence-corrected chi connectivity index (χ1v) is 13.0. The number of nitrogens with one attached hydrogen (secondary N) is 3. The minimum absolute atomic E-state index is 0.136. The Kier molecular flexibility index (Phi) is 9.19. The molecule has 0 saturated carbocycles. The van der Waals surface area contributed by atoms with Crippen molar-refractivity contribution < 1.29 is 19.1 Å². The van der Waals surface area contributed by atoms with Gasteiger partial charge in [-0.25, -0.2) is 0 Å². The summed E-state index contributed by atoms with van der Waals surface area (Å²) in [6.45, 7) is 3.57. The zero-order valence-corrected chi connectivity index (χ0v) is 22.6. The van der Waals surface area contributed by atoms with Crippen LogP contribution in [0.25, 0.3) is 0 Å². The van der Waals surface area contributed by atoms with Gasteiger partial charge in [0.1, 0.15) is 24.7 Å². The molecule has 0 bridgehead atoms. The monoisotopic (exact) mass is 522 g/mol. The summed E-state index contributed by atoms with van der Waals surface area (Å²) in [5.74, 6) is 0.826. The zero-order chi connectivity index (χ0) is 27.1. The van der Waals surface area contributed by atoms with Crippen LogP contribution in [0.3, 0.4) is 0 Å². The molecule has 4 rings (SSSR count). The third kappa shape index (κ3) is 7.23. The van der Waals surface area contributed by atoms with Gasteiger partial charge in [0.15, 0.2) is 0 Å². The lowest BCUT2D eigenvalue weighted by Gasteiger charge is -2.25. The predicted octanol–water partition coefficient (Wildman–Crippen LogP) is 1.78. The van der Waals surface area contributed by atoms with Crippen LogP contribution < -0.4 is 25.5 Å². The molecule has 2 aromatic rings. The average molecular weight is 523 g/mol. The Labute approximate surface area is 224 Å². The molecule has 2 unspecified atom stereocenters. The summed E-state index contributed by atoms with van der Waals surface area (Å²) < 4.78 is 12.0. The number of benzene rings is 2. The van der Waals surface area contributed by atoms with Gasteiger partial charge in [-0.15, -0.1) is 0 Å². The summed E-state index contributed by atoms with van der Waals surface area (Å²) in [7, 11) is 7.90. The van der Waals surface area contributed by atoms with E-state index in [1.165, 1.54) is 0 Å². The predicted molar refractivity (Wildman–Crippen MR) is 148 cm³/mol. The van der Waals surface area contributed by atoms with E-state index in [-0.39, 0.29) is 24.3 Å². The summed E-state index contributed by atoms with van der Waals surface area (Å²) in [4.78, 5) is 29.9. The van der Waals surface area contributed by atoms with Crippen LogP contribution in [0.4, 0.5) is 5.69 Å². The zero-order valence-electron chi connectivity index (χ0n) is 22.6. The van der Waals surface area contributed by atoms with E-state index in [4.69, 9.17) is 9.47 Å². The van der Waals surface area contributed by atoms with Crippen LogP contribution >= 0.6 is 0 Å². The molecule has 0 radical (unpaired) electrons. The third-order valence-corrected chi connectivity index (χ3v) is 6.59. The second kappa shape index (κ2) is 12.7. The standard InChI is InChI=1S/C28H38N6O4/c1-33(2)10-9-29-27(35)20-6-8-25-21(13-20)14-22(18-38-25)28(36)32-24-7-5-19(23-16-30-31-17-23)15-26(24)37-12-11-34(3)4/h5-8,13,15-16,22-23,31H,9-12,14,17-18H2,1-4H3,(H,29,35)(H,32,36). The Balaban J connectivity index is 1.43. The number of hydrogen-bond acceptors (Lipinski definition) is 8. The maximum atomic E-state index is 13.3. The van der Waals surface area contributed by atoms with Crippen LogP contribution in [0, 0.1) is 5.92 Å². The van der Waals surface area contributed by atoms with Crippen molar-refractivity contribution in [2.24, 2.45) is 11.0 Å². The molecule has 2 atom stereocenters. The van der Waals surface area contributed by atoms with Gasteiger partial charge in [-0.1, -0.05) is 6.07 Å². The number of likely N-dealkylation sites (N-methyl/N-ethyl adjacent to an activating group) is 2. The van der Waals surface area contributed by atoms with Gasteiger partial charge in [0.25, 0.3) is 5.91 Å². The van der Waals surface area contributed by atoms with E-state index in [2.05, 4.69) is 21.2 Å². The van der Waals surface area contributed by atoms with E-state index < -0.39 is 5.92 Å². The fourth-order valence-electron chi connectivity index (χ4n) is 4.31. The highest BCUT2D eigenvalue weighted by Crippen LogP contribution is 2.32. The first-order chi connectivity index (χ1) is 18.3. The van der Waals surface area contributed by atoms with E-state index in [1.54, 1.807) is 12.1 Å².